The summed E-state index contributed by atoms with van der Waals surface area (Å²) in [6, 6.07) is 13.4. The fourth-order valence-electron chi connectivity index (χ4n) is 3.17. The molecule has 4 aromatic rings. The lowest BCUT2D eigenvalue weighted by Gasteiger charge is -2.08. The number of ether oxygens (including phenoxy) is 2. The monoisotopic (exact) mass is 401 g/mol. The number of nitrogens with zero attached hydrogens (tertiary/aromatic N) is 2. The summed E-state index contributed by atoms with van der Waals surface area (Å²) in [5, 5.41) is 5.58. The average molecular weight is 401 g/mol. The molecule has 0 saturated carbocycles. The predicted octanol–water partition coefficient (Wildman–Crippen LogP) is 5.35. The van der Waals surface area contributed by atoms with Crippen molar-refractivity contribution < 1.29 is 22.6 Å². The molecule has 2 heterocycles. The van der Waals surface area contributed by atoms with Gasteiger partial charge in [-0.05, 0) is 55.0 Å². The van der Waals surface area contributed by atoms with E-state index in [0.717, 1.165) is 27.9 Å². The summed E-state index contributed by atoms with van der Waals surface area (Å²) in [6.45, 7) is 2.34. The molecule has 2 aromatic heterocycles. The second-order valence-electron chi connectivity index (χ2n) is 6.68. The summed E-state index contributed by atoms with van der Waals surface area (Å²) in [5.74, 6) is 0.477. The second-order valence-corrected chi connectivity index (χ2v) is 6.68. The van der Waals surface area contributed by atoms with Crippen LogP contribution in [0.15, 0.2) is 54.7 Å². The Morgan fingerprint density at radius 2 is 1.79 bits per heavy atom. The minimum absolute atomic E-state index is 0.268. The zero-order chi connectivity index (χ0) is 20.6. The minimum atomic E-state index is -4.71. The number of hydrogen-bond acceptors (Lipinski definition) is 3. The molecular formula is C21H18F3N3O2. The maximum absolute atomic E-state index is 12.3. The Bertz CT molecular complexity index is 1140. The highest BCUT2D eigenvalue weighted by atomic mass is 19.4. The lowest BCUT2D eigenvalue weighted by atomic mass is 10.1. The standard InChI is InChI=1S/C21H18F3N3O2/c1-13-9-17(11-20-18(13)7-8-25-20)28-12-15-10-19(26-27(15)2)14-3-5-16(6-4-14)29-21(22,23)24/h3-11,25H,12H2,1-2H3. The molecule has 150 valence electrons. The molecule has 0 bridgehead atoms. The van der Waals surface area contributed by atoms with Gasteiger partial charge in [-0.1, -0.05) is 0 Å². The van der Waals surface area contributed by atoms with Crippen molar-refractivity contribution in [3.8, 4) is 22.8 Å². The normalized spacial score (nSPS) is 11.8. The molecule has 0 aliphatic heterocycles. The van der Waals surface area contributed by atoms with Gasteiger partial charge < -0.3 is 14.5 Å². The molecule has 0 spiro atoms. The van der Waals surface area contributed by atoms with E-state index < -0.39 is 6.36 Å². The number of aryl methyl sites for hydroxylation is 2. The van der Waals surface area contributed by atoms with E-state index in [0.29, 0.717) is 17.9 Å². The molecule has 0 aliphatic rings. The van der Waals surface area contributed by atoms with Crippen molar-refractivity contribution in [2.24, 2.45) is 7.05 Å². The van der Waals surface area contributed by atoms with Gasteiger partial charge in [-0.2, -0.15) is 5.10 Å². The molecule has 5 nitrogen and oxygen atoms in total. The maximum Gasteiger partial charge on any atom is 0.573 e. The van der Waals surface area contributed by atoms with Crippen molar-refractivity contribution in [1.82, 2.24) is 14.8 Å². The Kier molecular flexibility index (Phi) is 4.70. The zero-order valence-corrected chi connectivity index (χ0v) is 15.7. The molecule has 0 radical (unpaired) electrons. The molecule has 0 unspecified atom stereocenters. The second kappa shape index (κ2) is 7.20. The fraction of sp³-hybridized carbons (Fsp3) is 0.190. The number of halogens is 3. The van der Waals surface area contributed by atoms with Gasteiger partial charge in [0.05, 0.1) is 11.4 Å². The van der Waals surface area contributed by atoms with Crippen LogP contribution < -0.4 is 9.47 Å². The van der Waals surface area contributed by atoms with Crippen LogP contribution in [-0.2, 0) is 13.7 Å². The Morgan fingerprint density at radius 3 is 2.52 bits per heavy atom. The van der Waals surface area contributed by atoms with Crippen LogP contribution >= 0.6 is 0 Å². The Labute approximate surface area is 164 Å². The third-order valence-electron chi connectivity index (χ3n) is 4.60. The largest absolute Gasteiger partial charge is 0.573 e. The molecule has 8 heteroatoms. The molecule has 0 fully saturated rings. The molecule has 4 rings (SSSR count). The van der Waals surface area contributed by atoms with Crippen LogP contribution in [0.5, 0.6) is 11.5 Å². The summed E-state index contributed by atoms with van der Waals surface area (Å²) in [4.78, 5) is 3.18. The van der Waals surface area contributed by atoms with E-state index in [1.165, 1.54) is 24.3 Å². The van der Waals surface area contributed by atoms with Gasteiger partial charge in [0.25, 0.3) is 0 Å². The first-order valence-corrected chi connectivity index (χ1v) is 8.88. The molecule has 0 saturated heterocycles. The molecule has 2 aromatic carbocycles. The first kappa shape index (κ1) is 18.9. The van der Waals surface area contributed by atoms with Crippen molar-refractivity contribution in [2.75, 3.05) is 0 Å². The number of fused-ring (bicyclic) bond motifs is 1. The van der Waals surface area contributed by atoms with Crippen LogP contribution in [0.25, 0.3) is 22.2 Å². The number of aromatic nitrogens is 3. The van der Waals surface area contributed by atoms with Gasteiger partial charge in [0, 0.05) is 35.8 Å². The van der Waals surface area contributed by atoms with Gasteiger partial charge in [0.2, 0.25) is 0 Å². The van der Waals surface area contributed by atoms with Gasteiger partial charge in [0.1, 0.15) is 18.1 Å². The quantitative estimate of drug-likeness (QED) is 0.490. The topological polar surface area (TPSA) is 52.1 Å². The summed E-state index contributed by atoms with van der Waals surface area (Å²) >= 11 is 0. The van der Waals surface area contributed by atoms with Crippen molar-refractivity contribution >= 4 is 10.9 Å². The number of aromatic amines is 1. The minimum Gasteiger partial charge on any atom is -0.487 e. The molecule has 0 amide bonds. The average Bonchev–Trinajstić information content (AvgIpc) is 3.26. The van der Waals surface area contributed by atoms with E-state index >= 15 is 0 Å². The van der Waals surface area contributed by atoms with Crippen LogP contribution in [0.4, 0.5) is 13.2 Å². The summed E-state index contributed by atoms with van der Waals surface area (Å²) in [5.41, 5.74) is 4.28. The number of benzene rings is 2. The highest BCUT2D eigenvalue weighted by molar-refractivity contribution is 5.84. The highest BCUT2D eigenvalue weighted by Crippen LogP contribution is 2.27. The third-order valence-corrected chi connectivity index (χ3v) is 4.60. The van der Waals surface area contributed by atoms with Gasteiger partial charge in [-0.3, -0.25) is 4.68 Å². The van der Waals surface area contributed by atoms with E-state index in [2.05, 4.69) is 14.8 Å². The summed E-state index contributed by atoms with van der Waals surface area (Å²) in [7, 11) is 1.79. The summed E-state index contributed by atoms with van der Waals surface area (Å²) < 4.78 is 48.4. The van der Waals surface area contributed by atoms with E-state index in [9.17, 15) is 13.2 Å². The number of hydrogen-bond donors (Lipinski definition) is 1. The Hall–Kier alpha value is -3.42. The first-order valence-electron chi connectivity index (χ1n) is 8.88. The van der Waals surface area contributed by atoms with Gasteiger partial charge >= 0.3 is 6.36 Å². The third kappa shape index (κ3) is 4.21. The lowest BCUT2D eigenvalue weighted by Crippen LogP contribution is -2.16. The molecular weight excluding hydrogens is 383 g/mol. The SMILES string of the molecule is Cc1cc(OCc2cc(-c3ccc(OC(F)(F)F)cc3)nn2C)cc2[nH]ccc12. The predicted molar refractivity (Wildman–Crippen MR) is 103 cm³/mol. The fourth-order valence-corrected chi connectivity index (χ4v) is 3.17. The van der Waals surface area contributed by atoms with Crippen LogP contribution in [-0.4, -0.2) is 21.1 Å². The number of H-pyrrole nitrogens is 1. The van der Waals surface area contributed by atoms with Crippen LogP contribution in [0.1, 0.15) is 11.3 Å². The van der Waals surface area contributed by atoms with Crippen molar-refractivity contribution in [3.05, 3.63) is 66.0 Å². The highest BCUT2D eigenvalue weighted by Gasteiger charge is 2.31. The van der Waals surface area contributed by atoms with Crippen LogP contribution in [0.3, 0.4) is 0 Å². The van der Waals surface area contributed by atoms with Gasteiger partial charge in [-0.25, -0.2) is 0 Å². The molecule has 29 heavy (non-hydrogen) atoms. The zero-order valence-electron chi connectivity index (χ0n) is 15.7. The van der Waals surface area contributed by atoms with Crippen LogP contribution in [0.2, 0.25) is 0 Å². The summed E-state index contributed by atoms with van der Waals surface area (Å²) in [6.07, 6.45) is -2.82. The number of alkyl halides is 3. The van der Waals surface area contributed by atoms with E-state index in [1.54, 1.807) is 11.7 Å². The van der Waals surface area contributed by atoms with Crippen molar-refractivity contribution in [1.29, 1.82) is 0 Å². The Morgan fingerprint density at radius 1 is 1.03 bits per heavy atom. The maximum atomic E-state index is 12.3. The van der Waals surface area contributed by atoms with Gasteiger partial charge in [0.15, 0.2) is 0 Å². The van der Waals surface area contributed by atoms with Gasteiger partial charge in [-0.15, -0.1) is 13.2 Å². The van der Waals surface area contributed by atoms with E-state index in [-0.39, 0.29) is 5.75 Å². The van der Waals surface area contributed by atoms with Crippen LogP contribution in [0, 0.1) is 6.92 Å². The molecule has 1 N–H and O–H groups in total. The number of rotatable bonds is 5. The molecule has 0 atom stereocenters. The first-order chi connectivity index (χ1) is 13.8. The van der Waals surface area contributed by atoms with Crippen molar-refractivity contribution in [3.63, 3.8) is 0 Å². The number of nitrogens with one attached hydrogen (secondary N) is 1. The molecule has 0 aliphatic carbocycles. The van der Waals surface area contributed by atoms with E-state index in [4.69, 9.17) is 4.74 Å². The van der Waals surface area contributed by atoms with E-state index in [1.807, 2.05) is 37.4 Å². The Balaban J connectivity index is 1.49. The lowest BCUT2D eigenvalue weighted by molar-refractivity contribution is -0.274. The smallest absolute Gasteiger partial charge is 0.487 e. The van der Waals surface area contributed by atoms with Crippen molar-refractivity contribution in [2.45, 2.75) is 19.9 Å².